The largest absolute Gasteiger partial charge is 0.778 e. The molecule has 0 radical (unpaired) electrons. The molecule has 3 aromatic rings. The number of carboxylic acids is 1. The molecule has 0 aliphatic carbocycles. The van der Waals surface area contributed by atoms with Gasteiger partial charge in [-0.3, -0.25) is 24.2 Å². The summed E-state index contributed by atoms with van der Waals surface area (Å²) in [5, 5.41) is 15.0. The Kier molecular flexibility index (Phi) is 17.2. The Morgan fingerprint density at radius 3 is 2.38 bits per heavy atom. The second-order valence-corrected chi connectivity index (χ2v) is 18.0. The maximum atomic E-state index is 12.5. The molecule has 0 spiro atoms. The Labute approximate surface area is 315 Å². The van der Waals surface area contributed by atoms with Crippen molar-refractivity contribution in [2.75, 3.05) is 42.9 Å². The van der Waals surface area contributed by atoms with Crippen LogP contribution in [0, 0.1) is 12.3 Å². The van der Waals surface area contributed by atoms with Gasteiger partial charge in [0.1, 0.15) is 25.8 Å². The highest BCUT2D eigenvalue weighted by Gasteiger charge is 2.36. The van der Waals surface area contributed by atoms with Gasteiger partial charge in [0.05, 0.1) is 58.6 Å². The molecular formula is C31H41Cl2N6O10PS2. The summed E-state index contributed by atoms with van der Waals surface area (Å²) >= 11 is 12.3. The number of hydrogen-bond acceptors (Lipinski definition) is 10. The van der Waals surface area contributed by atoms with E-state index in [0.29, 0.717) is 50.2 Å². The number of aromatic nitrogens is 3. The van der Waals surface area contributed by atoms with Crippen molar-refractivity contribution >= 4 is 69.5 Å². The van der Waals surface area contributed by atoms with E-state index in [-0.39, 0.29) is 12.3 Å². The molecule has 0 saturated heterocycles. The number of halogens is 2. The smallest absolute Gasteiger partial charge is 0.350 e. The zero-order valence-electron chi connectivity index (χ0n) is 29.0. The minimum absolute atomic E-state index is 0.0788. The van der Waals surface area contributed by atoms with E-state index in [0.717, 1.165) is 29.4 Å². The van der Waals surface area contributed by atoms with E-state index < -0.39 is 48.6 Å². The Morgan fingerprint density at radius 1 is 1.19 bits per heavy atom. The third-order valence-electron chi connectivity index (χ3n) is 6.42. The lowest BCUT2D eigenvalue weighted by Crippen LogP contribution is -2.48. The summed E-state index contributed by atoms with van der Waals surface area (Å²) in [6.07, 6.45) is 13.8. The van der Waals surface area contributed by atoms with Crippen LogP contribution in [-0.4, -0.2) is 93.2 Å². The van der Waals surface area contributed by atoms with Gasteiger partial charge in [-0.15, -0.1) is 11.5 Å². The highest BCUT2D eigenvalue weighted by molar-refractivity contribution is 7.94. The number of benzene rings is 2. The van der Waals surface area contributed by atoms with Gasteiger partial charge < -0.3 is 24.2 Å². The van der Waals surface area contributed by atoms with Crippen LogP contribution < -0.4 is 25.4 Å². The minimum atomic E-state index is -4.35. The number of para-hydroxylation sites is 1. The lowest BCUT2D eigenvalue weighted by atomic mass is 10.1. The van der Waals surface area contributed by atoms with Crippen LogP contribution in [0.3, 0.4) is 0 Å². The van der Waals surface area contributed by atoms with Crippen LogP contribution in [0.25, 0.3) is 5.69 Å². The number of anilines is 1. The minimum Gasteiger partial charge on any atom is -0.778 e. The van der Waals surface area contributed by atoms with Crippen molar-refractivity contribution in [2.45, 2.75) is 45.7 Å². The zero-order chi connectivity index (χ0) is 39.4. The first kappa shape index (κ1) is 44.6. The maximum absolute atomic E-state index is 12.5. The number of aliphatic carboxylic acids is 1. The maximum Gasteiger partial charge on any atom is 0.350 e. The van der Waals surface area contributed by atoms with Gasteiger partial charge >= 0.3 is 21.9 Å². The topological polar surface area (TPSA) is 225 Å². The Bertz CT molecular complexity index is 1970. The van der Waals surface area contributed by atoms with E-state index in [9.17, 15) is 32.3 Å². The number of carbonyl (C=O) groups excluding carboxylic acids is 1. The van der Waals surface area contributed by atoms with E-state index in [4.69, 9.17) is 44.4 Å². The average Bonchev–Trinajstić information content (AvgIpc) is 3.35. The second kappa shape index (κ2) is 20.1. The third-order valence-corrected chi connectivity index (χ3v) is 9.23. The first-order valence-electron chi connectivity index (χ1n) is 15.3. The molecule has 0 saturated carbocycles. The lowest BCUT2D eigenvalue weighted by molar-refractivity contribution is -0.193. The second-order valence-electron chi connectivity index (χ2n) is 11.6. The van der Waals surface area contributed by atoms with Crippen LogP contribution in [0.5, 0.6) is 5.75 Å². The van der Waals surface area contributed by atoms with Crippen molar-refractivity contribution in [3.05, 3.63) is 68.3 Å². The van der Waals surface area contributed by atoms with Crippen LogP contribution in [0.2, 0.25) is 10.0 Å². The van der Waals surface area contributed by atoms with Gasteiger partial charge in [0.15, 0.2) is 0 Å². The molecule has 21 heteroatoms. The zero-order valence-corrected chi connectivity index (χ0v) is 33.1. The number of hydrogen-bond donors (Lipinski definition) is 4. The molecule has 0 fully saturated rings. The van der Waals surface area contributed by atoms with Crippen LogP contribution >= 0.6 is 30.8 Å². The Hall–Kier alpha value is -3.53. The van der Waals surface area contributed by atoms with Crippen molar-refractivity contribution in [2.24, 2.45) is 0 Å². The summed E-state index contributed by atoms with van der Waals surface area (Å²) in [4.78, 5) is 52.2. The van der Waals surface area contributed by atoms with Crippen molar-refractivity contribution in [1.29, 1.82) is 0 Å². The average molecular weight is 824 g/mol. The number of nitrogens with zero attached hydrogens (tertiary/aromatic N) is 4. The standard InChI is InChI=1S/C15H13Cl2N3O2.C10H12N2O3S.C3H8NO5P.C3H9S/c1-2-7-22-13-9-12(10(16)8-11(13)17)20-15(21)19-6-4-3-5-14(19)18-20;1-7(2)12-10(13)8-5-3-4-6-9(8)11-16(12,14)15;5-3(6)1-4-2-10(7,8)9;1-4(2)3/h1,8-9H,3-7H2;3-7,11H,1-2H3;4H,1-2H2,(H,5,6)(H2,7,8,9);1-3H3/q;;;+1/p-1. The fourth-order valence-corrected chi connectivity index (χ4v) is 6.80. The molecule has 2 aliphatic heterocycles. The molecule has 2 aliphatic rings. The fraction of sp³-hybridized carbons (Fsp3) is 0.419. The van der Waals surface area contributed by atoms with Crippen molar-refractivity contribution in [1.82, 2.24) is 24.0 Å². The molecule has 1 atom stereocenters. The molecule has 286 valence electrons. The number of aryl methyl sites for hydroxylation is 1. The summed E-state index contributed by atoms with van der Waals surface area (Å²) in [7, 11) is -7.46. The van der Waals surface area contributed by atoms with Crippen molar-refractivity contribution in [3.63, 3.8) is 0 Å². The van der Waals surface area contributed by atoms with Crippen LogP contribution in [-0.2, 0) is 43.4 Å². The van der Waals surface area contributed by atoms with E-state index in [1.807, 2.05) is 5.32 Å². The summed E-state index contributed by atoms with van der Waals surface area (Å²) in [6.45, 7) is 3.60. The molecule has 3 heterocycles. The normalized spacial score (nSPS) is 15.1. The van der Waals surface area contributed by atoms with Crippen LogP contribution in [0.1, 0.15) is 42.9 Å². The van der Waals surface area contributed by atoms with Crippen molar-refractivity contribution in [3.8, 4) is 23.8 Å². The number of ether oxygens (including phenoxy) is 1. The predicted octanol–water partition coefficient (Wildman–Crippen LogP) is 2.55. The fourth-order valence-electron chi connectivity index (χ4n) is 4.46. The third kappa shape index (κ3) is 13.5. The first-order valence-corrected chi connectivity index (χ1v) is 21.8. The molecule has 5 rings (SSSR count). The van der Waals surface area contributed by atoms with Gasteiger partial charge in [0.25, 0.3) is 5.91 Å². The molecule has 52 heavy (non-hydrogen) atoms. The Morgan fingerprint density at radius 2 is 1.83 bits per heavy atom. The Balaban J connectivity index is 0.000000274. The number of rotatable bonds is 8. The number of terminal acetylenes is 1. The van der Waals surface area contributed by atoms with Crippen molar-refractivity contribution < 1.29 is 42.2 Å². The van der Waals surface area contributed by atoms with E-state index in [1.165, 1.54) is 10.7 Å². The van der Waals surface area contributed by atoms with Gasteiger partial charge in [-0.05, 0) is 55.8 Å². The molecule has 0 bridgehead atoms. The van der Waals surface area contributed by atoms with Gasteiger partial charge in [-0.1, -0.05) is 41.3 Å². The van der Waals surface area contributed by atoms with Gasteiger partial charge in [0, 0.05) is 25.1 Å². The highest BCUT2D eigenvalue weighted by Crippen LogP contribution is 2.33. The highest BCUT2D eigenvalue weighted by atomic mass is 35.5. The molecule has 1 aromatic heterocycles. The number of nitrogens with one attached hydrogen (secondary N) is 2. The molecule has 1 unspecified atom stereocenters. The monoisotopic (exact) mass is 822 g/mol. The number of carboxylic acid groups (broad SMARTS) is 1. The summed E-state index contributed by atoms with van der Waals surface area (Å²) in [5.41, 5.74) is 0.947. The molecule has 2 aromatic carbocycles. The molecule has 4 N–H and O–H groups in total. The van der Waals surface area contributed by atoms with Gasteiger partial charge in [0.2, 0.25) is 0 Å². The summed E-state index contributed by atoms with van der Waals surface area (Å²) in [5.74, 6) is 1.86. The van der Waals surface area contributed by atoms with Crippen LogP contribution in [0.15, 0.2) is 41.2 Å². The quantitative estimate of drug-likeness (QED) is 0.146. The summed E-state index contributed by atoms with van der Waals surface area (Å²) < 4.78 is 45.1. The van der Waals surface area contributed by atoms with Gasteiger partial charge in [-0.2, -0.15) is 13.1 Å². The van der Waals surface area contributed by atoms with Crippen LogP contribution in [0.4, 0.5) is 5.69 Å². The number of carbonyl (C=O) groups is 2. The molecule has 1 amide bonds. The molecular weight excluding hydrogens is 782 g/mol. The number of amides is 1. The van der Waals surface area contributed by atoms with Gasteiger partial charge in [-0.25, -0.2) is 9.10 Å². The summed E-state index contributed by atoms with van der Waals surface area (Å²) in [6, 6.07) is 9.27. The predicted molar refractivity (Wildman–Crippen MR) is 201 cm³/mol. The molecule has 16 nitrogen and oxygen atoms in total. The first-order chi connectivity index (χ1) is 24.2. The van der Waals surface area contributed by atoms with E-state index in [2.05, 4.69) is 34.5 Å². The lowest BCUT2D eigenvalue weighted by Gasteiger charge is -2.31. The SMILES string of the molecule is C#CCOc1cc(-n2nc3n(c2=O)CCCC3)c(Cl)cc1Cl.CC(C)N1C(=O)c2ccccc2NS1(=O)=O.C[S+](C)C.O=C(O)CNCP(=O)([O-])O. The number of fused-ring (bicyclic) bond motifs is 2. The van der Waals surface area contributed by atoms with E-state index in [1.54, 1.807) is 48.7 Å². The van der Waals surface area contributed by atoms with E-state index >= 15 is 0 Å².